The first-order valence-corrected chi connectivity index (χ1v) is 6.93. The van der Waals surface area contributed by atoms with Gasteiger partial charge in [-0.05, 0) is 23.8 Å². The number of esters is 1. The van der Waals surface area contributed by atoms with Crippen molar-refractivity contribution >= 4 is 40.5 Å². The number of hydrogen-bond donors (Lipinski definition) is 2. The maximum atomic E-state index is 11.5. The summed E-state index contributed by atoms with van der Waals surface area (Å²) in [6, 6.07) is 12.4. The van der Waals surface area contributed by atoms with E-state index in [1.54, 1.807) is 36.4 Å². The molecule has 0 radical (unpaired) electrons. The molecule has 0 saturated carbocycles. The summed E-state index contributed by atoms with van der Waals surface area (Å²) in [5, 5.41) is 12.7. The van der Waals surface area contributed by atoms with Crippen LogP contribution in [0.25, 0.3) is 0 Å². The van der Waals surface area contributed by atoms with Crippen molar-refractivity contribution in [3.8, 4) is 0 Å². The average molecular weight is 326 g/mol. The van der Waals surface area contributed by atoms with Crippen LogP contribution < -0.4 is 5.32 Å². The van der Waals surface area contributed by atoms with Crippen LogP contribution in [-0.2, 0) is 16.0 Å². The van der Waals surface area contributed by atoms with E-state index in [1.165, 1.54) is 0 Å². The van der Waals surface area contributed by atoms with Crippen molar-refractivity contribution in [1.29, 1.82) is 0 Å². The van der Waals surface area contributed by atoms with Gasteiger partial charge in [0.05, 0.1) is 22.2 Å². The quantitative estimate of drug-likeness (QED) is 0.649. The molecule has 6 heteroatoms. The molecule has 4 nitrogen and oxygen atoms in total. The monoisotopic (exact) mass is 325 g/mol. The van der Waals surface area contributed by atoms with Gasteiger partial charge in [-0.25, -0.2) is 0 Å². The number of hydrogen-bond acceptors (Lipinski definition) is 4. The molecule has 0 amide bonds. The van der Waals surface area contributed by atoms with Crippen LogP contribution in [0, 0.1) is 0 Å². The van der Waals surface area contributed by atoms with Crippen molar-refractivity contribution in [3.63, 3.8) is 0 Å². The minimum absolute atomic E-state index is 0.0335. The van der Waals surface area contributed by atoms with Gasteiger partial charge in [0, 0.05) is 5.69 Å². The lowest BCUT2D eigenvalue weighted by molar-refractivity contribution is -0.150. The Morgan fingerprint density at radius 1 is 1.10 bits per heavy atom. The maximum absolute atomic E-state index is 11.5. The van der Waals surface area contributed by atoms with E-state index in [2.05, 4.69) is 10.1 Å². The van der Waals surface area contributed by atoms with Crippen molar-refractivity contribution in [2.75, 3.05) is 12.1 Å². The Morgan fingerprint density at radius 2 is 1.76 bits per heavy atom. The van der Waals surface area contributed by atoms with E-state index in [9.17, 15) is 4.79 Å². The van der Waals surface area contributed by atoms with Crippen LogP contribution in [0.15, 0.2) is 42.5 Å². The summed E-state index contributed by atoms with van der Waals surface area (Å²) in [7, 11) is 0. The highest BCUT2D eigenvalue weighted by atomic mass is 35.5. The van der Waals surface area contributed by atoms with Gasteiger partial charge < -0.3 is 15.2 Å². The van der Waals surface area contributed by atoms with E-state index in [4.69, 9.17) is 28.3 Å². The molecule has 0 unspecified atom stereocenters. The van der Waals surface area contributed by atoms with Crippen LogP contribution in [-0.4, -0.2) is 17.9 Å². The molecular formula is C15H13Cl2NO3. The van der Waals surface area contributed by atoms with Crippen LogP contribution >= 0.6 is 23.2 Å². The third kappa shape index (κ3) is 4.11. The van der Waals surface area contributed by atoms with Crippen molar-refractivity contribution in [1.82, 2.24) is 0 Å². The number of carbonyl (C=O) groups is 1. The third-order valence-electron chi connectivity index (χ3n) is 2.80. The Bertz CT molecular complexity index is 626. The van der Waals surface area contributed by atoms with Gasteiger partial charge in [0.25, 0.3) is 0 Å². The zero-order chi connectivity index (χ0) is 15.2. The number of carbonyl (C=O) groups excluding carboxylic acids is 1. The molecule has 0 saturated heterocycles. The zero-order valence-corrected chi connectivity index (χ0v) is 12.5. The van der Waals surface area contributed by atoms with Gasteiger partial charge in [-0.2, -0.15) is 0 Å². The lowest BCUT2D eigenvalue weighted by atomic mass is 10.1. The number of ether oxygens (including phenoxy) is 1. The molecule has 0 aromatic heterocycles. The molecular weight excluding hydrogens is 313 g/mol. The summed E-state index contributed by atoms with van der Waals surface area (Å²) in [6.07, 6.45) is 0.0335. The van der Waals surface area contributed by atoms with Crippen LogP contribution in [0.5, 0.6) is 0 Å². The standard InChI is InChI=1S/C15H13Cl2NO3/c16-11-5-3-6-12(17)15(11)18-13-7-2-1-4-10(13)8-14(20)21-9-19/h1-7,18-19H,8-9H2. The number of para-hydroxylation sites is 2. The van der Waals surface area contributed by atoms with E-state index in [0.717, 1.165) is 0 Å². The highest BCUT2D eigenvalue weighted by Crippen LogP contribution is 2.33. The summed E-state index contributed by atoms with van der Waals surface area (Å²) in [6.45, 7) is -0.634. The second kappa shape index (κ2) is 7.31. The van der Waals surface area contributed by atoms with E-state index in [1.807, 2.05) is 6.07 Å². The highest BCUT2D eigenvalue weighted by molar-refractivity contribution is 6.39. The molecule has 0 heterocycles. The minimum Gasteiger partial charge on any atom is -0.438 e. The molecule has 0 aliphatic carbocycles. The number of nitrogens with one attached hydrogen (secondary N) is 1. The van der Waals surface area contributed by atoms with Crippen molar-refractivity contribution in [2.45, 2.75) is 6.42 Å². The van der Waals surface area contributed by atoms with Gasteiger partial charge >= 0.3 is 5.97 Å². The largest absolute Gasteiger partial charge is 0.438 e. The number of anilines is 2. The normalized spacial score (nSPS) is 10.2. The number of rotatable bonds is 5. The number of aliphatic hydroxyl groups is 1. The molecule has 110 valence electrons. The van der Waals surface area contributed by atoms with Crippen LogP contribution in [0.3, 0.4) is 0 Å². The predicted molar refractivity (Wildman–Crippen MR) is 83.1 cm³/mol. The average Bonchev–Trinajstić information content (AvgIpc) is 2.45. The molecule has 0 fully saturated rings. The SMILES string of the molecule is O=C(Cc1ccccc1Nc1c(Cl)cccc1Cl)OCO. The van der Waals surface area contributed by atoms with E-state index < -0.39 is 12.8 Å². The smallest absolute Gasteiger partial charge is 0.312 e. The molecule has 0 aliphatic rings. The van der Waals surface area contributed by atoms with Crippen LogP contribution in [0.2, 0.25) is 10.0 Å². The highest BCUT2D eigenvalue weighted by Gasteiger charge is 2.11. The minimum atomic E-state index is -0.634. The Kier molecular flexibility index (Phi) is 5.44. The Labute approximate surface area is 132 Å². The van der Waals surface area contributed by atoms with Crippen molar-refractivity contribution < 1.29 is 14.6 Å². The first-order chi connectivity index (χ1) is 10.1. The fourth-order valence-corrected chi connectivity index (χ4v) is 2.32. The predicted octanol–water partition coefficient (Wildman–Crippen LogP) is 3.77. The molecule has 21 heavy (non-hydrogen) atoms. The van der Waals surface area contributed by atoms with Crippen LogP contribution in [0.4, 0.5) is 11.4 Å². The fraction of sp³-hybridized carbons (Fsp3) is 0.133. The summed E-state index contributed by atoms with van der Waals surface area (Å²) in [4.78, 5) is 11.5. The molecule has 0 atom stereocenters. The Balaban J connectivity index is 2.26. The molecule has 2 rings (SSSR count). The number of halogens is 2. The molecule has 0 spiro atoms. The molecule has 2 N–H and O–H groups in total. The molecule has 2 aromatic rings. The molecule has 0 aliphatic heterocycles. The second-order valence-corrected chi connectivity index (χ2v) is 5.02. The van der Waals surface area contributed by atoms with Gasteiger partial charge in [-0.3, -0.25) is 4.79 Å². The fourth-order valence-electron chi connectivity index (χ4n) is 1.83. The van der Waals surface area contributed by atoms with E-state index in [-0.39, 0.29) is 6.42 Å². The number of benzene rings is 2. The summed E-state index contributed by atoms with van der Waals surface area (Å²) >= 11 is 12.2. The van der Waals surface area contributed by atoms with Gasteiger partial charge in [0.1, 0.15) is 0 Å². The van der Waals surface area contributed by atoms with Gasteiger partial charge in [-0.15, -0.1) is 0 Å². The van der Waals surface area contributed by atoms with E-state index >= 15 is 0 Å². The Morgan fingerprint density at radius 3 is 2.43 bits per heavy atom. The third-order valence-corrected chi connectivity index (χ3v) is 3.43. The Hall–Kier alpha value is -1.75. The first kappa shape index (κ1) is 15.6. The van der Waals surface area contributed by atoms with Gasteiger partial charge in [0.2, 0.25) is 0 Å². The number of aliphatic hydroxyl groups excluding tert-OH is 1. The molecule has 2 aromatic carbocycles. The second-order valence-electron chi connectivity index (χ2n) is 4.20. The summed E-state index contributed by atoms with van der Waals surface area (Å²) in [5.74, 6) is -0.517. The summed E-state index contributed by atoms with van der Waals surface area (Å²) in [5.41, 5.74) is 1.98. The first-order valence-electron chi connectivity index (χ1n) is 6.17. The topological polar surface area (TPSA) is 58.6 Å². The zero-order valence-electron chi connectivity index (χ0n) is 11.0. The van der Waals surface area contributed by atoms with E-state index in [0.29, 0.717) is 27.0 Å². The van der Waals surface area contributed by atoms with Crippen molar-refractivity contribution in [2.24, 2.45) is 0 Å². The lowest BCUT2D eigenvalue weighted by Crippen LogP contribution is -2.10. The van der Waals surface area contributed by atoms with Gasteiger partial charge in [-0.1, -0.05) is 47.5 Å². The van der Waals surface area contributed by atoms with Crippen molar-refractivity contribution in [3.05, 3.63) is 58.1 Å². The van der Waals surface area contributed by atoms with Crippen LogP contribution in [0.1, 0.15) is 5.56 Å². The maximum Gasteiger partial charge on any atom is 0.312 e. The van der Waals surface area contributed by atoms with Gasteiger partial charge in [0.15, 0.2) is 6.79 Å². The lowest BCUT2D eigenvalue weighted by Gasteiger charge is -2.14. The summed E-state index contributed by atoms with van der Waals surface area (Å²) < 4.78 is 4.54. The molecule has 0 bridgehead atoms.